The third-order valence-electron chi connectivity index (χ3n) is 7.10. The molecule has 0 atom stereocenters. The van der Waals surface area contributed by atoms with Crippen LogP contribution in [0.4, 0.5) is 0 Å². The van der Waals surface area contributed by atoms with Crippen molar-refractivity contribution in [1.29, 1.82) is 0 Å². The van der Waals surface area contributed by atoms with E-state index in [1.165, 1.54) is 0 Å². The van der Waals surface area contributed by atoms with Gasteiger partial charge in [-0.15, -0.1) is 0 Å². The molecule has 5 aromatic rings. The minimum absolute atomic E-state index is 0.303. The van der Waals surface area contributed by atoms with Gasteiger partial charge in [0.1, 0.15) is 11.6 Å². The summed E-state index contributed by atoms with van der Waals surface area (Å²) in [6.07, 6.45) is 2.77. The third-order valence-corrected chi connectivity index (χ3v) is 7.10. The zero-order chi connectivity index (χ0) is 27.7. The maximum absolute atomic E-state index is 11.7. The minimum atomic E-state index is -0.924. The van der Waals surface area contributed by atoms with Gasteiger partial charge in [0.2, 0.25) is 5.89 Å². The monoisotopic (exact) mass is 521 g/mol. The topological polar surface area (TPSA) is 81.2 Å². The van der Waals surface area contributed by atoms with Crippen LogP contribution in [0, 0.1) is 19.8 Å². The maximum atomic E-state index is 11.7. The number of rotatable bonds is 9. The lowest BCUT2D eigenvalue weighted by atomic mass is 9.98. The van der Waals surface area contributed by atoms with Crippen molar-refractivity contribution in [3.63, 3.8) is 0 Å². The number of carbonyl (C=O) groups is 1. The highest BCUT2D eigenvalue weighted by molar-refractivity contribution is 5.96. The van der Waals surface area contributed by atoms with Crippen molar-refractivity contribution < 1.29 is 14.3 Å². The molecule has 0 aliphatic rings. The molecule has 5 rings (SSSR count). The van der Waals surface area contributed by atoms with E-state index in [1.54, 1.807) is 12.1 Å². The van der Waals surface area contributed by atoms with Crippen molar-refractivity contribution >= 4 is 17.0 Å². The molecule has 0 fully saturated rings. The van der Waals surface area contributed by atoms with Gasteiger partial charge < -0.3 is 14.1 Å². The second-order valence-corrected chi connectivity index (χ2v) is 10.7. The summed E-state index contributed by atoms with van der Waals surface area (Å²) >= 11 is 0. The molecule has 0 aliphatic carbocycles. The highest BCUT2D eigenvalue weighted by atomic mass is 16.4. The molecule has 0 saturated carbocycles. The fourth-order valence-corrected chi connectivity index (χ4v) is 5.18. The molecule has 0 bridgehead atoms. The molecule has 6 heteroatoms. The van der Waals surface area contributed by atoms with Crippen LogP contribution < -0.4 is 0 Å². The fraction of sp³-hybridized carbons (Fsp3) is 0.303. The first kappa shape index (κ1) is 26.4. The number of carboxylic acids is 1. The molecule has 39 heavy (non-hydrogen) atoms. The Hall–Kier alpha value is -4.19. The van der Waals surface area contributed by atoms with Gasteiger partial charge in [-0.3, -0.25) is 0 Å². The third kappa shape index (κ3) is 5.37. The Bertz CT molecular complexity index is 1640. The van der Waals surface area contributed by atoms with E-state index in [0.29, 0.717) is 23.9 Å². The largest absolute Gasteiger partial charge is 0.478 e. The summed E-state index contributed by atoms with van der Waals surface area (Å²) in [7, 11) is 0. The van der Waals surface area contributed by atoms with Gasteiger partial charge in [0.15, 0.2) is 0 Å². The molecule has 2 heterocycles. The first-order chi connectivity index (χ1) is 18.7. The van der Waals surface area contributed by atoms with Gasteiger partial charge in [0.25, 0.3) is 0 Å². The molecular formula is C33H35N3O3. The number of fused-ring (bicyclic) bond motifs is 1. The summed E-state index contributed by atoms with van der Waals surface area (Å²) in [5, 5.41) is 9.59. The average molecular weight is 522 g/mol. The number of hydrogen-bond donors (Lipinski definition) is 1. The van der Waals surface area contributed by atoms with E-state index in [1.807, 2.05) is 31.2 Å². The Kier molecular flexibility index (Phi) is 7.38. The number of benzene rings is 3. The Morgan fingerprint density at radius 3 is 2.44 bits per heavy atom. The number of aromatic nitrogens is 3. The van der Waals surface area contributed by atoms with Crippen molar-refractivity contribution in [2.75, 3.05) is 0 Å². The van der Waals surface area contributed by atoms with E-state index >= 15 is 0 Å². The van der Waals surface area contributed by atoms with Gasteiger partial charge in [-0.25, -0.2) is 14.8 Å². The zero-order valence-electron chi connectivity index (χ0n) is 23.3. The minimum Gasteiger partial charge on any atom is -0.478 e. The Labute approximate surface area is 229 Å². The summed E-state index contributed by atoms with van der Waals surface area (Å²) in [5.74, 6) is 2.16. The van der Waals surface area contributed by atoms with Crippen LogP contribution in [-0.2, 0) is 19.4 Å². The van der Waals surface area contributed by atoms with Crippen LogP contribution in [-0.4, -0.2) is 25.6 Å². The Balaban J connectivity index is 1.53. The van der Waals surface area contributed by atoms with Gasteiger partial charge in [0, 0.05) is 18.5 Å². The van der Waals surface area contributed by atoms with Crippen molar-refractivity contribution in [2.45, 2.75) is 60.4 Å². The van der Waals surface area contributed by atoms with E-state index in [0.717, 1.165) is 75.4 Å². The van der Waals surface area contributed by atoms with Crippen molar-refractivity contribution in [3.8, 4) is 22.6 Å². The van der Waals surface area contributed by atoms with Crippen molar-refractivity contribution in [1.82, 2.24) is 14.5 Å². The van der Waals surface area contributed by atoms with Crippen LogP contribution in [0.1, 0.15) is 66.0 Å². The number of oxazole rings is 1. The predicted octanol–water partition coefficient (Wildman–Crippen LogP) is 7.87. The first-order valence-corrected chi connectivity index (χ1v) is 13.6. The van der Waals surface area contributed by atoms with E-state index in [9.17, 15) is 9.90 Å². The van der Waals surface area contributed by atoms with Crippen LogP contribution in [0.2, 0.25) is 0 Å². The molecule has 6 nitrogen and oxygen atoms in total. The predicted molar refractivity (Wildman–Crippen MR) is 155 cm³/mol. The second kappa shape index (κ2) is 10.9. The second-order valence-electron chi connectivity index (χ2n) is 10.7. The lowest BCUT2D eigenvalue weighted by Crippen LogP contribution is -2.05. The molecule has 0 spiro atoms. The SMILES string of the molecule is CCCc1nc2c(C)cc(-c3nc(CC(C)C)c(C)o3)cc2n1Cc1ccc(-c2ccccc2C(=O)O)cc1. The molecule has 0 aliphatic heterocycles. The summed E-state index contributed by atoms with van der Waals surface area (Å²) in [6, 6.07) is 19.5. The first-order valence-electron chi connectivity index (χ1n) is 13.6. The highest BCUT2D eigenvalue weighted by Gasteiger charge is 2.18. The molecule has 3 aromatic carbocycles. The molecule has 1 N–H and O–H groups in total. The smallest absolute Gasteiger partial charge is 0.336 e. The standard InChI is InChI=1S/C33H35N3O3/c1-6-9-30-35-31-21(4)17-25(32-34-28(16-20(2)3)22(5)39-32)18-29(31)36(30)19-23-12-14-24(15-13-23)26-10-7-8-11-27(26)33(37)38/h7-8,10-15,17-18,20H,6,9,16,19H2,1-5H3,(H,37,38). The Morgan fingerprint density at radius 2 is 1.74 bits per heavy atom. The van der Waals surface area contributed by atoms with E-state index in [4.69, 9.17) is 14.4 Å². The molecule has 0 saturated heterocycles. The van der Waals surface area contributed by atoms with Crippen LogP contribution >= 0.6 is 0 Å². The maximum Gasteiger partial charge on any atom is 0.336 e. The fourth-order valence-electron chi connectivity index (χ4n) is 5.18. The van der Waals surface area contributed by atoms with Crippen LogP contribution in [0.5, 0.6) is 0 Å². The summed E-state index contributed by atoms with van der Waals surface area (Å²) < 4.78 is 8.41. The molecule has 0 radical (unpaired) electrons. The number of imidazole rings is 1. The average Bonchev–Trinajstić information content (AvgIpc) is 3.44. The molecule has 2 aromatic heterocycles. The lowest BCUT2D eigenvalue weighted by Gasteiger charge is -2.11. The number of nitrogens with zero attached hydrogens (tertiary/aromatic N) is 3. The number of aromatic carboxylic acids is 1. The van der Waals surface area contributed by atoms with Crippen LogP contribution in [0.3, 0.4) is 0 Å². The van der Waals surface area contributed by atoms with Gasteiger partial charge >= 0.3 is 5.97 Å². The van der Waals surface area contributed by atoms with Crippen molar-refractivity contribution in [2.24, 2.45) is 5.92 Å². The van der Waals surface area contributed by atoms with Crippen LogP contribution in [0.25, 0.3) is 33.6 Å². The van der Waals surface area contributed by atoms with E-state index in [2.05, 4.69) is 56.5 Å². The molecule has 200 valence electrons. The molecule has 0 amide bonds. The summed E-state index contributed by atoms with van der Waals surface area (Å²) in [6.45, 7) is 11.3. The number of aryl methyl sites for hydroxylation is 3. The number of hydrogen-bond acceptors (Lipinski definition) is 4. The van der Waals surface area contributed by atoms with Gasteiger partial charge in [0.05, 0.1) is 22.3 Å². The lowest BCUT2D eigenvalue weighted by molar-refractivity contribution is 0.0697. The zero-order valence-corrected chi connectivity index (χ0v) is 23.3. The van der Waals surface area contributed by atoms with Gasteiger partial charge in [-0.05, 0) is 73.1 Å². The van der Waals surface area contributed by atoms with E-state index in [-0.39, 0.29) is 0 Å². The van der Waals surface area contributed by atoms with Gasteiger partial charge in [-0.1, -0.05) is 63.2 Å². The number of carboxylic acid groups (broad SMARTS) is 1. The molecule has 0 unspecified atom stereocenters. The summed E-state index contributed by atoms with van der Waals surface area (Å²) in [5.41, 5.74) is 8.17. The van der Waals surface area contributed by atoms with Gasteiger partial charge in [-0.2, -0.15) is 0 Å². The van der Waals surface area contributed by atoms with Crippen molar-refractivity contribution in [3.05, 3.63) is 94.6 Å². The molecular weight excluding hydrogens is 486 g/mol. The van der Waals surface area contributed by atoms with E-state index < -0.39 is 5.97 Å². The van der Waals surface area contributed by atoms with Crippen LogP contribution in [0.15, 0.2) is 65.1 Å². The normalized spacial score (nSPS) is 11.5. The Morgan fingerprint density at radius 1 is 1.00 bits per heavy atom. The summed E-state index contributed by atoms with van der Waals surface area (Å²) in [4.78, 5) is 21.6. The highest BCUT2D eigenvalue weighted by Crippen LogP contribution is 2.31. The quantitative estimate of drug-likeness (QED) is 0.213.